The Labute approximate surface area is 203 Å². The zero-order valence-corrected chi connectivity index (χ0v) is 20.1. The number of halogens is 2. The predicted octanol–water partition coefficient (Wildman–Crippen LogP) is 5.29. The minimum absolute atomic E-state index is 0.0685. The molecule has 6 nitrogen and oxygen atoms in total. The summed E-state index contributed by atoms with van der Waals surface area (Å²) in [5, 5.41) is 23.8. The molecule has 0 radical (unpaired) electrons. The van der Waals surface area contributed by atoms with Crippen molar-refractivity contribution >= 4 is 17.7 Å². The van der Waals surface area contributed by atoms with Crippen molar-refractivity contribution < 1.29 is 24.1 Å². The number of aliphatic hydroxyl groups excluding tert-OH is 1. The van der Waals surface area contributed by atoms with E-state index in [0.29, 0.717) is 28.9 Å². The molecule has 0 aliphatic heterocycles. The molecule has 180 valence electrons. The van der Waals surface area contributed by atoms with E-state index in [9.17, 15) is 19.4 Å². The molecule has 3 N–H and O–H groups in total. The number of aromatic nitrogens is 1. The average Bonchev–Trinajstić information content (AvgIpc) is 2.84. The van der Waals surface area contributed by atoms with E-state index in [1.165, 1.54) is 18.2 Å². The number of aliphatic hydroxyl groups is 2. The molecule has 0 saturated heterocycles. The van der Waals surface area contributed by atoms with E-state index >= 15 is 0 Å². The predicted molar refractivity (Wildman–Crippen MR) is 129 cm³/mol. The Morgan fingerprint density at radius 3 is 2.47 bits per heavy atom. The summed E-state index contributed by atoms with van der Waals surface area (Å²) in [5.41, 5.74) is 0.0367. The van der Waals surface area contributed by atoms with Crippen molar-refractivity contribution in [3.05, 3.63) is 88.3 Å². The number of alkyl carbamates (subject to hydrolysis) is 1. The second-order valence-electron chi connectivity index (χ2n) is 8.56. The Morgan fingerprint density at radius 2 is 1.85 bits per heavy atom. The third kappa shape index (κ3) is 5.91. The molecule has 1 aromatic heterocycles. The maximum Gasteiger partial charge on any atom is 0.408 e. The van der Waals surface area contributed by atoms with Crippen LogP contribution in [0.15, 0.2) is 60.7 Å². The van der Waals surface area contributed by atoms with Gasteiger partial charge in [-0.05, 0) is 61.7 Å². The van der Waals surface area contributed by atoms with Gasteiger partial charge in [-0.2, -0.15) is 0 Å². The fourth-order valence-corrected chi connectivity index (χ4v) is 3.48. The van der Waals surface area contributed by atoms with Crippen LogP contribution in [0.4, 0.5) is 9.18 Å². The highest BCUT2D eigenvalue weighted by atomic mass is 35.5. The third-order valence-electron chi connectivity index (χ3n) is 5.83. The van der Waals surface area contributed by atoms with Crippen LogP contribution in [0.5, 0.6) is 0 Å². The number of rotatable bonds is 8. The van der Waals surface area contributed by atoms with E-state index in [1.807, 2.05) is 37.3 Å². The first kappa shape index (κ1) is 25.6. The summed E-state index contributed by atoms with van der Waals surface area (Å²) in [7, 11) is 0. The fourth-order valence-electron chi connectivity index (χ4n) is 3.30. The smallest absolute Gasteiger partial charge is 0.408 e. The van der Waals surface area contributed by atoms with Gasteiger partial charge in [0, 0.05) is 5.56 Å². The van der Waals surface area contributed by atoms with Gasteiger partial charge in [-0.15, -0.1) is 0 Å². The number of ether oxygens (including phenoxy) is 1. The molecule has 2 atom stereocenters. The molecule has 1 heterocycles. The Bertz CT molecular complexity index is 1160. The van der Waals surface area contributed by atoms with Crippen LogP contribution >= 0.6 is 11.6 Å². The first-order valence-electron chi connectivity index (χ1n) is 10.9. The molecule has 0 fully saturated rings. The van der Waals surface area contributed by atoms with Gasteiger partial charge in [-0.25, -0.2) is 14.2 Å². The van der Waals surface area contributed by atoms with Crippen LogP contribution in [-0.4, -0.2) is 27.9 Å². The van der Waals surface area contributed by atoms with Crippen LogP contribution in [0.2, 0.25) is 5.02 Å². The van der Waals surface area contributed by atoms with E-state index in [4.69, 9.17) is 16.3 Å². The van der Waals surface area contributed by atoms with Crippen molar-refractivity contribution in [2.75, 3.05) is 6.61 Å². The molecule has 1 amide bonds. The monoisotopic (exact) mass is 486 g/mol. The lowest BCUT2D eigenvalue weighted by Gasteiger charge is -2.31. The van der Waals surface area contributed by atoms with Crippen molar-refractivity contribution in [3.8, 4) is 11.3 Å². The molecule has 34 heavy (non-hydrogen) atoms. The summed E-state index contributed by atoms with van der Waals surface area (Å²) in [6.45, 7) is 4.69. The second-order valence-corrected chi connectivity index (χ2v) is 8.97. The molecule has 8 heteroatoms. The van der Waals surface area contributed by atoms with Crippen molar-refractivity contribution in [2.24, 2.45) is 0 Å². The Kier molecular flexibility index (Phi) is 7.92. The van der Waals surface area contributed by atoms with E-state index in [0.717, 1.165) is 5.56 Å². The number of carbonyl (C=O) groups is 1. The van der Waals surface area contributed by atoms with E-state index in [1.54, 1.807) is 26.0 Å². The molecule has 0 aliphatic rings. The van der Waals surface area contributed by atoms with Crippen LogP contribution in [-0.2, 0) is 22.5 Å². The summed E-state index contributed by atoms with van der Waals surface area (Å²) in [5.74, 6) is -0.564. The number of benzene rings is 2. The topological polar surface area (TPSA) is 91.7 Å². The van der Waals surface area contributed by atoms with Crippen molar-refractivity contribution in [1.29, 1.82) is 0 Å². The molecule has 2 unspecified atom stereocenters. The lowest BCUT2D eigenvalue weighted by Crippen LogP contribution is -2.46. The fraction of sp³-hybridized carbons (Fsp3) is 0.308. The van der Waals surface area contributed by atoms with Crippen LogP contribution in [0.3, 0.4) is 0 Å². The standard InChI is InChI=1S/C26H28ClFN2O4/c1-4-26(3,33)23-14-19(13-22(29-23)18-10-11-21(28)20(27)12-18)25(2,16-31)30-24(32)34-15-17-8-6-5-7-9-17/h5-14,31,33H,4,15-16H2,1-3H3,(H,30,32). The van der Waals surface area contributed by atoms with E-state index < -0.39 is 29.7 Å². The van der Waals surface area contributed by atoms with Gasteiger partial charge < -0.3 is 20.3 Å². The van der Waals surface area contributed by atoms with Gasteiger partial charge in [0.15, 0.2) is 0 Å². The number of pyridine rings is 1. The molecular weight excluding hydrogens is 459 g/mol. The Morgan fingerprint density at radius 1 is 1.15 bits per heavy atom. The van der Waals surface area contributed by atoms with Gasteiger partial charge in [0.25, 0.3) is 0 Å². The highest BCUT2D eigenvalue weighted by Crippen LogP contribution is 2.32. The van der Waals surface area contributed by atoms with E-state index in [2.05, 4.69) is 10.3 Å². The quantitative estimate of drug-likeness (QED) is 0.402. The van der Waals surface area contributed by atoms with Crippen molar-refractivity contribution in [2.45, 2.75) is 44.9 Å². The zero-order chi connectivity index (χ0) is 24.9. The van der Waals surface area contributed by atoms with Crippen molar-refractivity contribution in [3.63, 3.8) is 0 Å². The number of hydrogen-bond donors (Lipinski definition) is 3. The summed E-state index contributed by atoms with van der Waals surface area (Å²) < 4.78 is 19.0. The van der Waals surface area contributed by atoms with Gasteiger partial charge in [0.1, 0.15) is 18.0 Å². The van der Waals surface area contributed by atoms with Gasteiger partial charge in [0.2, 0.25) is 0 Å². The zero-order valence-electron chi connectivity index (χ0n) is 19.3. The minimum atomic E-state index is -1.28. The highest BCUT2D eigenvalue weighted by Gasteiger charge is 2.32. The molecular formula is C26H28ClFN2O4. The largest absolute Gasteiger partial charge is 0.445 e. The third-order valence-corrected chi connectivity index (χ3v) is 6.11. The summed E-state index contributed by atoms with van der Waals surface area (Å²) in [6.07, 6.45) is -0.345. The molecule has 0 aliphatic carbocycles. The van der Waals surface area contributed by atoms with Crippen LogP contribution < -0.4 is 5.32 Å². The number of hydrogen-bond acceptors (Lipinski definition) is 5. The first-order chi connectivity index (χ1) is 16.1. The Balaban J connectivity index is 1.97. The average molecular weight is 487 g/mol. The number of nitrogens with one attached hydrogen (secondary N) is 1. The van der Waals surface area contributed by atoms with Crippen LogP contribution in [0.25, 0.3) is 11.3 Å². The molecule has 0 bridgehead atoms. The lowest BCUT2D eigenvalue weighted by molar-refractivity contribution is 0.0483. The highest BCUT2D eigenvalue weighted by molar-refractivity contribution is 6.31. The maximum absolute atomic E-state index is 13.7. The van der Waals surface area contributed by atoms with Gasteiger partial charge in [-0.3, -0.25) is 0 Å². The van der Waals surface area contributed by atoms with Gasteiger partial charge in [0.05, 0.1) is 28.6 Å². The normalized spacial score (nSPS) is 14.7. The van der Waals surface area contributed by atoms with Gasteiger partial charge >= 0.3 is 6.09 Å². The number of amides is 1. The number of nitrogens with zero attached hydrogens (tertiary/aromatic N) is 1. The maximum atomic E-state index is 13.7. The van der Waals surface area contributed by atoms with Crippen LogP contribution in [0, 0.1) is 5.82 Å². The van der Waals surface area contributed by atoms with E-state index in [-0.39, 0.29) is 11.6 Å². The second kappa shape index (κ2) is 10.5. The Hall–Kier alpha value is -3.00. The van der Waals surface area contributed by atoms with Gasteiger partial charge in [-0.1, -0.05) is 48.9 Å². The van der Waals surface area contributed by atoms with Crippen LogP contribution in [0.1, 0.15) is 44.0 Å². The molecule has 2 aromatic carbocycles. The summed E-state index contributed by atoms with van der Waals surface area (Å²) in [6, 6.07) is 16.7. The lowest BCUT2D eigenvalue weighted by atomic mass is 9.88. The molecule has 0 saturated carbocycles. The SMILES string of the molecule is CCC(C)(O)c1cc(C(C)(CO)NC(=O)OCc2ccccc2)cc(-c2ccc(F)c(Cl)c2)n1. The molecule has 0 spiro atoms. The molecule has 3 rings (SSSR count). The number of carbonyl (C=O) groups excluding carboxylic acids is 1. The molecule has 3 aromatic rings. The minimum Gasteiger partial charge on any atom is -0.445 e. The summed E-state index contributed by atoms with van der Waals surface area (Å²) in [4.78, 5) is 17.1. The summed E-state index contributed by atoms with van der Waals surface area (Å²) >= 11 is 5.97. The first-order valence-corrected chi connectivity index (χ1v) is 11.3. The van der Waals surface area contributed by atoms with Crippen molar-refractivity contribution in [1.82, 2.24) is 10.3 Å².